The van der Waals surface area contributed by atoms with Gasteiger partial charge in [-0.3, -0.25) is 9.59 Å². The summed E-state index contributed by atoms with van der Waals surface area (Å²) in [5.41, 5.74) is -1.10. The van der Waals surface area contributed by atoms with E-state index in [0.29, 0.717) is 18.5 Å². The number of nitrogens with one attached hydrogen (secondary N) is 1. The SMILES string of the molecule is CCOC(=O)CCN(CC1CC1)C(=O)CNS(=O)(=O)c1cccc(C(F)(F)F)c1. The molecule has 162 valence electrons. The van der Waals surface area contributed by atoms with Crippen LogP contribution in [0.1, 0.15) is 31.7 Å². The molecule has 0 atom stereocenters. The number of hydrogen-bond acceptors (Lipinski definition) is 5. The van der Waals surface area contributed by atoms with E-state index < -0.39 is 45.1 Å². The number of hydrogen-bond donors (Lipinski definition) is 1. The van der Waals surface area contributed by atoms with Crippen LogP contribution in [0.3, 0.4) is 0 Å². The Bertz CT molecular complexity index is 838. The summed E-state index contributed by atoms with van der Waals surface area (Å²) in [6.07, 6.45) is -2.82. The van der Waals surface area contributed by atoms with E-state index in [4.69, 9.17) is 4.74 Å². The van der Waals surface area contributed by atoms with Crippen molar-refractivity contribution < 1.29 is 35.9 Å². The third-order valence-electron chi connectivity index (χ3n) is 4.30. The molecule has 0 saturated heterocycles. The number of nitrogens with zero attached hydrogens (tertiary/aromatic N) is 1. The maximum Gasteiger partial charge on any atom is 0.416 e. The van der Waals surface area contributed by atoms with Gasteiger partial charge in [-0.25, -0.2) is 13.1 Å². The number of ether oxygens (including phenoxy) is 1. The van der Waals surface area contributed by atoms with E-state index in [1.54, 1.807) is 6.92 Å². The van der Waals surface area contributed by atoms with Crippen LogP contribution in [0, 0.1) is 5.92 Å². The number of benzene rings is 1. The summed E-state index contributed by atoms with van der Waals surface area (Å²) >= 11 is 0. The van der Waals surface area contributed by atoms with Gasteiger partial charge in [0.25, 0.3) is 0 Å². The topological polar surface area (TPSA) is 92.8 Å². The minimum Gasteiger partial charge on any atom is -0.466 e. The molecule has 11 heteroatoms. The first-order chi connectivity index (χ1) is 13.5. The lowest BCUT2D eigenvalue weighted by atomic mass is 10.2. The van der Waals surface area contributed by atoms with Crippen molar-refractivity contribution in [3.8, 4) is 0 Å². The molecule has 0 spiro atoms. The number of esters is 1. The van der Waals surface area contributed by atoms with Gasteiger partial charge in [0.1, 0.15) is 0 Å². The van der Waals surface area contributed by atoms with Crippen molar-refractivity contribution in [1.82, 2.24) is 9.62 Å². The number of amides is 1. The molecule has 2 rings (SSSR count). The third kappa shape index (κ3) is 7.32. The summed E-state index contributed by atoms with van der Waals surface area (Å²) in [5, 5.41) is 0. The lowest BCUT2D eigenvalue weighted by Crippen LogP contribution is -2.42. The highest BCUT2D eigenvalue weighted by atomic mass is 32.2. The molecule has 1 aromatic rings. The summed E-state index contributed by atoms with van der Waals surface area (Å²) in [4.78, 5) is 24.8. The summed E-state index contributed by atoms with van der Waals surface area (Å²) in [7, 11) is -4.31. The van der Waals surface area contributed by atoms with Crippen LogP contribution in [-0.2, 0) is 30.5 Å². The molecule has 7 nitrogen and oxygen atoms in total. The standard InChI is InChI=1S/C18H23F3N2O5S/c1-2-28-17(25)8-9-23(12-13-6-7-13)16(24)11-22-29(26,27)15-5-3-4-14(10-15)18(19,20)21/h3-5,10,13,22H,2,6-9,11-12H2,1H3. The quantitative estimate of drug-likeness (QED) is 0.568. The Morgan fingerprint density at radius 2 is 1.97 bits per heavy atom. The fourth-order valence-corrected chi connectivity index (χ4v) is 3.60. The molecule has 29 heavy (non-hydrogen) atoms. The number of carbonyl (C=O) groups excluding carboxylic acids is 2. The smallest absolute Gasteiger partial charge is 0.416 e. The highest BCUT2D eigenvalue weighted by Gasteiger charge is 2.32. The van der Waals surface area contributed by atoms with Crippen molar-refractivity contribution >= 4 is 21.9 Å². The fourth-order valence-electron chi connectivity index (χ4n) is 2.58. The lowest BCUT2D eigenvalue weighted by molar-refractivity contribution is -0.144. The Kier molecular flexibility index (Phi) is 7.64. The molecule has 0 radical (unpaired) electrons. The predicted octanol–water partition coefficient (Wildman–Crippen LogP) is 2.18. The van der Waals surface area contributed by atoms with Crippen molar-refractivity contribution in [2.24, 2.45) is 5.92 Å². The third-order valence-corrected chi connectivity index (χ3v) is 5.70. The number of alkyl halides is 3. The van der Waals surface area contributed by atoms with E-state index in [9.17, 15) is 31.2 Å². The molecule has 0 unspecified atom stereocenters. The van der Waals surface area contributed by atoms with Crippen molar-refractivity contribution in [2.45, 2.75) is 37.3 Å². The zero-order valence-electron chi connectivity index (χ0n) is 15.9. The molecule has 1 amide bonds. The second-order valence-electron chi connectivity index (χ2n) is 6.69. The van der Waals surface area contributed by atoms with Gasteiger partial charge in [-0.15, -0.1) is 0 Å². The van der Waals surface area contributed by atoms with Crippen LogP contribution >= 0.6 is 0 Å². The molecule has 0 heterocycles. The predicted molar refractivity (Wildman–Crippen MR) is 97.2 cm³/mol. The maximum atomic E-state index is 12.8. The van der Waals surface area contributed by atoms with Gasteiger partial charge in [0.2, 0.25) is 15.9 Å². The zero-order chi connectivity index (χ0) is 21.7. The Morgan fingerprint density at radius 1 is 1.28 bits per heavy atom. The van der Waals surface area contributed by atoms with Crippen LogP contribution in [-0.4, -0.2) is 51.4 Å². The molecule has 1 aromatic carbocycles. The molecule has 1 fully saturated rings. The molecule has 1 aliphatic rings. The average Bonchev–Trinajstić information content (AvgIpc) is 3.47. The van der Waals surface area contributed by atoms with Crippen molar-refractivity contribution in [1.29, 1.82) is 0 Å². The summed E-state index contributed by atoms with van der Waals surface area (Å²) < 4.78 is 69.8. The molecule has 1 N–H and O–H groups in total. The van der Waals surface area contributed by atoms with Gasteiger partial charge in [0.05, 0.1) is 30.0 Å². The van der Waals surface area contributed by atoms with Gasteiger partial charge in [-0.05, 0) is 43.9 Å². The molecular weight excluding hydrogens is 413 g/mol. The Balaban J connectivity index is 2.01. The van der Waals surface area contributed by atoms with E-state index in [1.165, 1.54) is 4.90 Å². The van der Waals surface area contributed by atoms with Crippen LogP contribution in [0.15, 0.2) is 29.2 Å². The van der Waals surface area contributed by atoms with Crippen molar-refractivity contribution in [2.75, 3.05) is 26.2 Å². The molecule has 1 saturated carbocycles. The monoisotopic (exact) mass is 436 g/mol. The number of carbonyl (C=O) groups is 2. The molecule has 0 aliphatic heterocycles. The molecule has 0 bridgehead atoms. The molecule has 1 aliphatic carbocycles. The molecule has 0 aromatic heterocycles. The Hall–Kier alpha value is -2.14. The van der Waals surface area contributed by atoms with E-state index in [0.717, 1.165) is 31.0 Å². The summed E-state index contributed by atoms with van der Waals surface area (Å²) in [6.45, 7) is 1.73. The summed E-state index contributed by atoms with van der Waals surface area (Å²) in [6, 6.07) is 3.27. The maximum absolute atomic E-state index is 12.8. The van der Waals surface area contributed by atoms with Crippen LogP contribution in [0.2, 0.25) is 0 Å². The number of sulfonamides is 1. The van der Waals surface area contributed by atoms with Crippen LogP contribution in [0.25, 0.3) is 0 Å². The van der Waals surface area contributed by atoms with Gasteiger partial charge in [-0.2, -0.15) is 13.2 Å². The van der Waals surface area contributed by atoms with Gasteiger partial charge in [0.15, 0.2) is 0 Å². The Morgan fingerprint density at radius 3 is 2.55 bits per heavy atom. The van der Waals surface area contributed by atoms with Gasteiger partial charge in [-0.1, -0.05) is 6.07 Å². The van der Waals surface area contributed by atoms with Crippen molar-refractivity contribution in [3.63, 3.8) is 0 Å². The zero-order valence-corrected chi connectivity index (χ0v) is 16.7. The second-order valence-corrected chi connectivity index (χ2v) is 8.46. The highest BCUT2D eigenvalue weighted by molar-refractivity contribution is 7.89. The first-order valence-electron chi connectivity index (χ1n) is 9.13. The second kappa shape index (κ2) is 9.57. The van der Waals surface area contributed by atoms with E-state index in [-0.39, 0.29) is 19.6 Å². The number of rotatable bonds is 10. The van der Waals surface area contributed by atoms with E-state index in [1.807, 2.05) is 4.72 Å². The fraction of sp³-hybridized carbons (Fsp3) is 0.556. The Labute approximate surface area is 167 Å². The largest absolute Gasteiger partial charge is 0.466 e. The first-order valence-corrected chi connectivity index (χ1v) is 10.6. The lowest BCUT2D eigenvalue weighted by Gasteiger charge is -2.22. The van der Waals surface area contributed by atoms with Crippen LogP contribution in [0.5, 0.6) is 0 Å². The van der Waals surface area contributed by atoms with E-state index in [2.05, 4.69) is 0 Å². The van der Waals surface area contributed by atoms with E-state index >= 15 is 0 Å². The number of halogens is 3. The first kappa shape index (κ1) is 23.1. The van der Waals surface area contributed by atoms with Gasteiger partial charge in [0, 0.05) is 13.1 Å². The van der Waals surface area contributed by atoms with Crippen molar-refractivity contribution in [3.05, 3.63) is 29.8 Å². The highest BCUT2D eigenvalue weighted by Crippen LogP contribution is 2.31. The minimum atomic E-state index is -4.69. The average molecular weight is 436 g/mol. The van der Waals surface area contributed by atoms with Crippen LogP contribution < -0.4 is 4.72 Å². The molecular formula is C18H23F3N2O5S. The van der Waals surface area contributed by atoms with Gasteiger partial charge >= 0.3 is 12.1 Å². The minimum absolute atomic E-state index is 0.0212. The van der Waals surface area contributed by atoms with Crippen LogP contribution in [0.4, 0.5) is 13.2 Å². The summed E-state index contributed by atoms with van der Waals surface area (Å²) in [5.74, 6) is -0.719. The normalized spacial score (nSPS) is 14.5. The van der Waals surface area contributed by atoms with Gasteiger partial charge < -0.3 is 9.64 Å².